The van der Waals surface area contributed by atoms with E-state index in [1.165, 1.54) is 11.1 Å². The Hall–Kier alpha value is -2.82. The van der Waals surface area contributed by atoms with E-state index >= 15 is 0 Å². The number of ether oxygens (including phenoxy) is 2. The Bertz CT molecular complexity index is 653. The van der Waals surface area contributed by atoms with E-state index in [2.05, 4.69) is 34.3 Å². The van der Waals surface area contributed by atoms with E-state index in [0.717, 1.165) is 11.1 Å². The highest BCUT2D eigenvalue weighted by Gasteiger charge is 2.28. The Kier molecular flexibility index (Phi) is 4.05. The number of benzene rings is 2. The number of nitrogens with one attached hydrogen (secondary N) is 1. The summed E-state index contributed by atoms with van der Waals surface area (Å²) in [6.07, 6.45) is -0.608. The van der Waals surface area contributed by atoms with E-state index < -0.39 is 6.09 Å². The zero-order chi connectivity index (χ0) is 15.4. The fourth-order valence-corrected chi connectivity index (χ4v) is 2.78. The van der Waals surface area contributed by atoms with Gasteiger partial charge >= 0.3 is 6.09 Å². The van der Waals surface area contributed by atoms with Crippen LogP contribution in [0.1, 0.15) is 17.0 Å². The molecule has 0 heterocycles. The fraction of sp³-hybridized carbons (Fsp3) is 0.176. The van der Waals surface area contributed by atoms with Gasteiger partial charge in [-0.15, -0.1) is 0 Å². The molecule has 0 fully saturated rings. The van der Waals surface area contributed by atoms with Crippen LogP contribution >= 0.6 is 0 Å². The minimum absolute atomic E-state index is 0.0186. The van der Waals surface area contributed by atoms with Crippen LogP contribution in [-0.4, -0.2) is 25.9 Å². The smallest absolute Gasteiger partial charge is 0.409 e. The normalized spacial score (nSPS) is 12.2. The van der Waals surface area contributed by atoms with Gasteiger partial charge in [0.05, 0.1) is 0 Å². The van der Waals surface area contributed by atoms with E-state index in [9.17, 15) is 9.59 Å². The third kappa shape index (κ3) is 2.65. The average molecular weight is 297 g/mol. The van der Waals surface area contributed by atoms with E-state index in [0.29, 0.717) is 0 Å². The van der Waals surface area contributed by atoms with Crippen LogP contribution < -0.4 is 5.32 Å². The van der Waals surface area contributed by atoms with Crippen LogP contribution in [0.5, 0.6) is 0 Å². The molecule has 0 aromatic heterocycles. The van der Waals surface area contributed by atoms with E-state index in [1.54, 1.807) is 0 Å². The Morgan fingerprint density at radius 3 is 2.23 bits per heavy atom. The molecule has 1 aliphatic carbocycles. The van der Waals surface area contributed by atoms with Crippen LogP contribution in [0.4, 0.5) is 4.79 Å². The van der Waals surface area contributed by atoms with Crippen molar-refractivity contribution in [2.75, 3.05) is 13.3 Å². The van der Waals surface area contributed by atoms with Crippen molar-refractivity contribution in [2.24, 2.45) is 0 Å². The zero-order valence-corrected chi connectivity index (χ0v) is 11.8. The van der Waals surface area contributed by atoms with Gasteiger partial charge in [0.1, 0.15) is 6.61 Å². The summed E-state index contributed by atoms with van der Waals surface area (Å²) in [4.78, 5) is 21.6. The first-order chi connectivity index (χ1) is 10.8. The molecule has 0 atom stereocenters. The van der Waals surface area contributed by atoms with Crippen molar-refractivity contribution in [3.63, 3.8) is 0 Å². The largest absolute Gasteiger partial charge is 0.448 e. The number of hydrogen-bond acceptors (Lipinski definition) is 4. The SMILES string of the molecule is O=COCNC(=O)OCC1c2ccccc2-c2ccccc21. The molecule has 1 N–H and O–H groups in total. The molecule has 0 saturated carbocycles. The molecule has 0 spiro atoms. The Labute approximate surface area is 127 Å². The molecule has 1 amide bonds. The van der Waals surface area contributed by atoms with Crippen molar-refractivity contribution in [1.29, 1.82) is 0 Å². The second-order valence-electron chi connectivity index (χ2n) is 4.91. The van der Waals surface area contributed by atoms with Crippen LogP contribution in [-0.2, 0) is 14.3 Å². The third-order valence-corrected chi connectivity index (χ3v) is 3.71. The first kappa shape index (κ1) is 14.1. The van der Waals surface area contributed by atoms with Crippen molar-refractivity contribution in [3.05, 3.63) is 59.7 Å². The molecule has 5 heteroatoms. The molecule has 2 aromatic rings. The Morgan fingerprint density at radius 1 is 1.05 bits per heavy atom. The van der Waals surface area contributed by atoms with Crippen LogP contribution in [0.2, 0.25) is 0 Å². The van der Waals surface area contributed by atoms with Gasteiger partial charge in [-0.25, -0.2) is 4.79 Å². The van der Waals surface area contributed by atoms with Gasteiger partial charge in [-0.3, -0.25) is 10.1 Å². The minimum Gasteiger partial charge on any atom is -0.448 e. The van der Waals surface area contributed by atoms with Gasteiger partial charge in [0.15, 0.2) is 6.73 Å². The van der Waals surface area contributed by atoms with Crippen LogP contribution in [0.15, 0.2) is 48.5 Å². The molecule has 112 valence electrons. The predicted octanol–water partition coefficient (Wildman–Crippen LogP) is 2.66. The van der Waals surface area contributed by atoms with Crippen molar-refractivity contribution in [3.8, 4) is 11.1 Å². The molecule has 0 radical (unpaired) electrons. The fourth-order valence-electron chi connectivity index (χ4n) is 2.78. The number of carbonyl (C=O) groups is 2. The van der Waals surface area contributed by atoms with Gasteiger partial charge in [-0.2, -0.15) is 0 Å². The monoisotopic (exact) mass is 297 g/mol. The zero-order valence-electron chi connectivity index (χ0n) is 11.8. The third-order valence-electron chi connectivity index (χ3n) is 3.71. The molecule has 2 aromatic carbocycles. The second-order valence-corrected chi connectivity index (χ2v) is 4.91. The number of hydrogen-bond donors (Lipinski definition) is 1. The number of amides is 1. The number of rotatable bonds is 5. The standard InChI is InChI=1S/C17H15NO4/c19-11-21-10-18-17(20)22-9-16-14-7-3-1-5-12(14)13-6-2-4-8-15(13)16/h1-8,11,16H,9-10H2,(H,18,20). The number of alkyl carbamates (subject to hydrolysis) is 1. The Balaban J connectivity index is 1.74. The van der Waals surface area contributed by atoms with Gasteiger partial charge in [0, 0.05) is 5.92 Å². The Morgan fingerprint density at radius 2 is 1.64 bits per heavy atom. The van der Waals surface area contributed by atoms with Crippen molar-refractivity contribution in [1.82, 2.24) is 5.32 Å². The second kappa shape index (κ2) is 6.30. The molecular formula is C17H15NO4. The molecular weight excluding hydrogens is 282 g/mol. The highest BCUT2D eigenvalue weighted by Crippen LogP contribution is 2.44. The van der Waals surface area contributed by atoms with Crippen molar-refractivity contribution >= 4 is 12.6 Å². The average Bonchev–Trinajstić information content (AvgIpc) is 2.87. The minimum atomic E-state index is -0.608. The number of fused-ring (bicyclic) bond motifs is 3. The summed E-state index contributed by atoms with van der Waals surface area (Å²) in [5.41, 5.74) is 4.66. The summed E-state index contributed by atoms with van der Waals surface area (Å²) in [5.74, 6) is 0.0186. The summed E-state index contributed by atoms with van der Waals surface area (Å²) >= 11 is 0. The molecule has 0 saturated heterocycles. The summed E-state index contributed by atoms with van der Waals surface area (Å²) in [6.45, 7) is 0.310. The van der Waals surface area contributed by atoms with Crippen molar-refractivity contribution < 1.29 is 19.1 Å². The lowest BCUT2D eigenvalue weighted by Gasteiger charge is -2.14. The van der Waals surface area contributed by atoms with Crippen LogP contribution in [0.25, 0.3) is 11.1 Å². The summed E-state index contributed by atoms with van der Waals surface area (Å²) in [6, 6.07) is 16.2. The van der Waals surface area contributed by atoms with Gasteiger partial charge < -0.3 is 9.47 Å². The van der Waals surface area contributed by atoms with Gasteiger partial charge in [0.25, 0.3) is 6.47 Å². The lowest BCUT2D eigenvalue weighted by Crippen LogP contribution is -2.28. The van der Waals surface area contributed by atoms with E-state index in [4.69, 9.17) is 4.74 Å². The summed E-state index contributed by atoms with van der Waals surface area (Å²) in [7, 11) is 0. The van der Waals surface area contributed by atoms with Crippen LogP contribution in [0, 0.1) is 0 Å². The molecule has 0 aliphatic heterocycles. The number of carbonyl (C=O) groups excluding carboxylic acids is 2. The first-order valence-corrected chi connectivity index (χ1v) is 6.95. The van der Waals surface area contributed by atoms with Crippen molar-refractivity contribution in [2.45, 2.75) is 5.92 Å². The van der Waals surface area contributed by atoms with Gasteiger partial charge in [-0.05, 0) is 22.3 Å². The maximum Gasteiger partial charge on any atom is 0.409 e. The highest BCUT2D eigenvalue weighted by atomic mass is 16.6. The van der Waals surface area contributed by atoms with Gasteiger partial charge in [-0.1, -0.05) is 48.5 Å². The lowest BCUT2D eigenvalue weighted by molar-refractivity contribution is -0.129. The quantitative estimate of drug-likeness (QED) is 0.523. The lowest BCUT2D eigenvalue weighted by atomic mass is 9.98. The summed E-state index contributed by atoms with van der Waals surface area (Å²) < 4.78 is 9.64. The van der Waals surface area contributed by atoms with Gasteiger partial charge in [0.2, 0.25) is 0 Å². The molecule has 0 bridgehead atoms. The maximum atomic E-state index is 11.6. The van der Waals surface area contributed by atoms with E-state index in [-0.39, 0.29) is 25.7 Å². The highest BCUT2D eigenvalue weighted by molar-refractivity contribution is 5.79. The molecule has 1 aliphatic rings. The topological polar surface area (TPSA) is 64.6 Å². The molecule has 22 heavy (non-hydrogen) atoms. The van der Waals surface area contributed by atoms with E-state index in [1.807, 2.05) is 24.3 Å². The van der Waals surface area contributed by atoms with Crippen LogP contribution in [0.3, 0.4) is 0 Å². The molecule has 3 rings (SSSR count). The summed E-state index contributed by atoms with van der Waals surface area (Å²) in [5, 5.41) is 2.34. The molecule has 5 nitrogen and oxygen atoms in total. The first-order valence-electron chi connectivity index (χ1n) is 6.95. The molecule has 0 unspecified atom stereocenters. The maximum absolute atomic E-state index is 11.6. The predicted molar refractivity (Wildman–Crippen MR) is 80.2 cm³/mol.